The van der Waals surface area contributed by atoms with Crippen LogP contribution in [0.3, 0.4) is 0 Å². The van der Waals surface area contributed by atoms with Crippen LogP contribution in [0.2, 0.25) is 0 Å². The molecule has 0 aliphatic carbocycles. The molecular weight excluding hydrogens is 429 g/mol. The molecule has 5 nitrogen and oxygen atoms in total. The molecule has 1 fully saturated rings. The van der Waals surface area contributed by atoms with Crippen LogP contribution in [0.1, 0.15) is 25.8 Å². The van der Waals surface area contributed by atoms with Gasteiger partial charge in [-0.15, -0.1) is 24.0 Å². The lowest BCUT2D eigenvalue weighted by Crippen LogP contribution is -2.40. The van der Waals surface area contributed by atoms with Crippen molar-refractivity contribution in [3.63, 3.8) is 0 Å². The minimum atomic E-state index is 0. The van der Waals surface area contributed by atoms with Gasteiger partial charge < -0.3 is 19.7 Å². The monoisotopic (exact) mass is 461 g/mol. The number of ether oxygens (including phenoxy) is 2. The van der Waals surface area contributed by atoms with E-state index in [0.717, 1.165) is 45.2 Å². The first-order valence-corrected chi connectivity index (χ1v) is 9.06. The van der Waals surface area contributed by atoms with E-state index in [0.29, 0.717) is 25.7 Å². The van der Waals surface area contributed by atoms with Gasteiger partial charge in [0, 0.05) is 32.2 Å². The summed E-state index contributed by atoms with van der Waals surface area (Å²) in [7, 11) is 0. The molecule has 142 valence electrons. The molecule has 1 aromatic rings. The average molecular weight is 461 g/mol. The highest BCUT2D eigenvalue weighted by Gasteiger charge is 2.24. The van der Waals surface area contributed by atoms with Gasteiger partial charge in [-0.1, -0.05) is 30.3 Å². The zero-order valence-corrected chi connectivity index (χ0v) is 17.8. The number of benzene rings is 1. The molecule has 1 aliphatic heterocycles. The Bertz CT molecular complexity index is 485. The molecular formula is C19H32IN3O2. The Kier molecular flexibility index (Phi) is 11.9. The van der Waals surface area contributed by atoms with E-state index >= 15 is 0 Å². The number of nitrogens with zero attached hydrogens (tertiary/aromatic N) is 2. The van der Waals surface area contributed by atoms with Crippen LogP contribution in [-0.4, -0.2) is 56.9 Å². The lowest BCUT2D eigenvalue weighted by atomic mass is 10.1. The van der Waals surface area contributed by atoms with Gasteiger partial charge in [0.25, 0.3) is 0 Å². The van der Waals surface area contributed by atoms with Crippen LogP contribution in [-0.2, 0) is 16.1 Å². The number of nitrogens with one attached hydrogen (secondary N) is 1. The predicted molar refractivity (Wildman–Crippen MR) is 114 cm³/mol. The minimum absolute atomic E-state index is 0. The summed E-state index contributed by atoms with van der Waals surface area (Å²) in [5, 5.41) is 3.38. The van der Waals surface area contributed by atoms with E-state index in [-0.39, 0.29) is 24.0 Å². The second kappa shape index (κ2) is 13.4. The number of aliphatic imine (C=N–C) groups is 1. The summed E-state index contributed by atoms with van der Waals surface area (Å²) in [6.07, 6.45) is 1.16. The third-order valence-electron chi connectivity index (χ3n) is 4.09. The Morgan fingerprint density at radius 2 is 2.04 bits per heavy atom. The molecule has 2 rings (SSSR count). The van der Waals surface area contributed by atoms with Crippen molar-refractivity contribution in [3.05, 3.63) is 35.9 Å². The first kappa shape index (κ1) is 22.2. The van der Waals surface area contributed by atoms with Crippen molar-refractivity contribution in [2.75, 3.05) is 46.0 Å². The second-order valence-electron chi connectivity index (χ2n) is 6.03. The maximum atomic E-state index is 5.90. The SMILES string of the molecule is CCNC(=NCCOCC)N1CCC(COCc2ccccc2)C1.I. The van der Waals surface area contributed by atoms with E-state index in [1.54, 1.807) is 0 Å². The fraction of sp³-hybridized carbons (Fsp3) is 0.632. The van der Waals surface area contributed by atoms with Gasteiger partial charge in [-0.3, -0.25) is 4.99 Å². The van der Waals surface area contributed by atoms with Crippen molar-refractivity contribution >= 4 is 29.9 Å². The van der Waals surface area contributed by atoms with Crippen LogP contribution in [0.5, 0.6) is 0 Å². The molecule has 1 heterocycles. The van der Waals surface area contributed by atoms with Crippen LogP contribution in [0.15, 0.2) is 35.3 Å². The molecule has 0 aromatic heterocycles. The predicted octanol–water partition coefficient (Wildman–Crippen LogP) is 3.15. The van der Waals surface area contributed by atoms with Gasteiger partial charge >= 0.3 is 0 Å². The number of rotatable bonds is 9. The summed E-state index contributed by atoms with van der Waals surface area (Å²) in [6.45, 7) is 10.7. The standard InChI is InChI=1S/C19H31N3O2.HI/c1-3-20-19(21-11-13-23-4-2)22-12-10-18(14-22)16-24-15-17-8-6-5-7-9-17;/h5-9,18H,3-4,10-16H2,1-2H3,(H,20,21);1H. The van der Waals surface area contributed by atoms with E-state index < -0.39 is 0 Å². The molecule has 25 heavy (non-hydrogen) atoms. The lowest BCUT2D eigenvalue weighted by molar-refractivity contribution is 0.0906. The number of halogens is 1. The van der Waals surface area contributed by atoms with Crippen LogP contribution >= 0.6 is 24.0 Å². The number of likely N-dealkylation sites (tertiary alicyclic amines) is 1. The van der Waals surface area contributed by atoms with Gasteiger partial charge in [0.1, 0.15) is 0 Å². The summed E-state index contributed by atoms with van der Waals surface area (Å²) in [6, 6.07) is 10.4. The molecule has 0 saturated carbocycles. The fourth-order valence-electron chi connectivity index (χ4n) is 2.86. The van der Waals surface area contributed by atoms with Crippen molar-refractivity contribution in [2.45, 2.75) is 26.9 Å². The van der Waals surface area contributed by atoms with Gasteiger partial charge in [0.15, 0.2) is 5.96 Å². The van der Waals surface area contributed by atoms with Gasteiger partial charge in [-0.05, 0) is 25.8 Å². The van der Waals surface area contributed by atoms with Gasteiger partial charge in [0.05, 0.1) is 26.4 Å². The van der Waals surface area contributed by atoms with Crippen LogP contribution < -0.4 is 5.32 Å². The number of guanidine groups is 1. The Morgan fingerprint density at radius 1 is 1.24 bits per heavy atom. The van der Waals surface area contributed by atoms with Gasteiger partial charge in [0.2, 0.25) is 0 Å². The van der Waals surface area contributed by atoms with Crippen molar-refractivity contribution in [1.29, 1.82) is 0 Å². The molecule has 1 atom stereocenters. The van der Waals surface area contributed by atoms with Crippen molar-refractivity contribution in [2.24, 2.45) is 10.9 Å². The maximum Gasteiger partial charge on any atom is 0.194 e. The minimum Gasteiger partial charge on any atom is -0.380 e. The van der Waals surface area contributed by atoms with Crippen LogP contribution in [0.4, 0.5) is 0 Å². The normalized spacial score (nSPS) is 17.4. The second-order valence-corrected chi connectivity index (χ2v) is 6.03. The van der Waals surface area contributed by atoms with Crippen molar-refractivity contribution in [3.8, 4) is 0 Å². The zero-order chi connectivity index (χ0) is 17.0. The van der Waals surface area contributed by atoms with E-state index in [1.807, 2.05) is 13.0 Å². The molecule has 0 bridgehead atoms. The lowest BCUT2D eigenvalue weighted by Gasteiger charge is -2.21. The molecule has 1 saturated heterocycles. The number of hydrogen-bond acceptors (Lipinski definition) is 3. The molecule has 1 aliphatic rings. The number of hydrogen-bond donors (Lipinski definition) is 1. The molecule has 6 heteroatoms. The first-order chi connectivity index (χ1) is 11.8. The summed E-state index contributed by atoms with van der Waals surface area (Å²) < 4.78 is 11.3. The van der Waals surface area contributed by atoms with E-state index in [2.05, 4.69) is 46.4 Å². The first-order valence-electron chi connectivity index (χ1n) is 9.06. The van der Waals surface area contributed by atoms with Gasteiger partial charge in [-0.25, -0.2) is 0 Å². The van der Waals surface area contributed by atoms with Crippen molar-refractivity contribution < 1.29 is 9.47 Å². The third-order valence-corrected chi connectivity index (χ3v) is 4.09. The third kappa shape index (κ3) is 8.37. The highest BCUT2D eigenvalue weighted by Crippen LogP contribution is 2.17. The fourth-order valence-corrected chi connectivity index (χ4v) is 2.86. The molecule has 1 unspecified atom stereocenters. The van der Waals surface area contributed by atoms with E-state index in [1.165, 1.54) is 5.56 Å². The van der Waals surface area contributed by atoms with E-state index in [4.69, 9.17) is 9.47 Å². The highest BCUT2D eigenvalue weighted by atomic mass is 127. The quantitative estimate of drug-likeness (QED) is 0.266. The molecule has 1 N–H and O–H groups in total. The van der Waals surface area contributed by atoms with Crippen LogP contribution in [0.25, 0.3) is 0 Å². The Hall–Kier alpha value is -0.860. The summed E-state index contributed by atoms with van der Waals surface area (Å²) in [5.41, 5.74) is 1.23. The van der Waals surface area contributed by atoms with Crippen molar-refractivity contribution in [1.82, 2.24) is 10.2 Å². The van der Waals surface area contributed by atoms with Crippen LogP contribution in [0, 0.1) is 5.92 Å². The van der Waals surface area contributed by atoms with Gasteiger partial charge in [-0.2, -0.15) is 0 Å². The molecule has 0 spiro atoms. The largest absolute Gasteiger partial charge is 0.380 e. The smallest absolute Gasteiger partial charge is 0.194 e. The Labute approximate surface area is 169 Å². The Balaban J connectivity index is 0.00000312. The highest BCUT2D eigenvalue weighted by molar-refractivity contribution is 14.0. The summed E-state index contributed by atoms with van der Waals surface area (Å²) in [4.78, 5) is 7.00. The average Bonchev–Trinajstić information content (AvgIpc) is 3.07. The maximum absolute atomic E-state index is 5.90. The summed E-state index contributed by atoms with van der Waals surface area (Å²) in [5.74, 6) is 1.58. The molecule has 0 amide bonds. The molecule has 1 aromatic carbocycles. The zero-order valence-electron chi connectivity index (χ0n) is 15.4. The Morgan fingerprint density at radius 3 is 2.76 bits per heavy atom. The summed E-state index contributed by atoms with van der Waals surface area (Å²) >= 11 is 0. The van der Waals surface area contributed by atoms with E-state index in [9.17, 15) is 0 Å². The topological polar surface area (TPSA) is 46.1 Å². The molecule has 0 radical (unpaired) electrons.